The Balaban J connectivity index is 2.67. The maximum atomic E-state index is 11.8. The van der Waals surface area contributed by atoms with Crippen molar-refractivity contribution in [2.75, 3.05) is 19.8 Å². The molecule has 1 fully saturated rings. The minimum Gasteiger partial charge on any atom is -0.791 e. The summed E-state index contributed by atoms with van der Waals surface area (Å²) in [6, 6.07) is 0.977. The number of hydrogen-bond acceptors (Lipinski definition) is 3. The Bertz CT molecular complexity index is 200. The molecular weight excluding hydrogens is 224 g/mol. The van der Waals surface area contributed by atoms with Gasteiger partial charge in [-0.1, -0.05) is 6.92 Å². The lowest BCUT2D eigenvalue weighted by Crippen LogP contribution is -2.56. The number of ether oxygens (including phenoxy) is 1. The van der Waals surface area contributed by atoms with Crippen LogP contribution in [0.4, 0.5) is 0 Å². The molecular formula is C11H24O4Si. The van der Waals surface area contributed by atoms with Crippen LogP contribution in [0.5, 0.6) is 0 Å². The van der Waals surface area contributed by atoms with Gasteiger partial charge in [-0.15, -0.1) is 0 Å². The lowest BCUT2D eigenvalue weighted by atomic mass is 10.5. The Hall–Kier alpha value is 0.0569. The summed E-state index contributed by atoms with van der Waals surface area (Å²) in [6.45, 7) is 10.0. The molecule has 0 aliphatic carbocycles. The highest BCUT2D eigenvalue weighted by Crippen LogP contribution is 2.27. The molecule has 0 bridgehead atoms. The third-order valence-electron chi connectivity index (χ3n) is 2.88. The van der Waals surface area contributed by atoms with Crippen molar-refractivity contribution in [2.45, 2.75) is 52.2 Å². The van der Waals surface area contributed by atoms with Crippen LogP contribution in [0.25, 0.3) is 0 Å². The highest BCUT2D eigenvalue weighted by molar-refractivity contribution is 6.66. The predicted molar refractivity (Wildman–Crippen MR) is 63.5 cm³/mol. The monoisotopic (exact) mass is 248 g/mol. The van der Waals surface area contributed by atoms with E-state index in [9.17, 15) is 5.11 Å². The second-order valence-corrected chi connectivity index (χ2v) is 8.02. The summed E-state index contributed by atoms with van der Waals surface area (Å²) in [6.07, 6.45) is 0.495. The van der Waals surface area contributed by atoms with Gasteiger partial charge >= 0.3 is 8.56 Å². The van der Waals surface area contributed by atoms with Crippen LogP contribution in [0.2, 0.25) is 12.6 Å². The maximum Gasteiger partial charge on any atom is 0.541 e. The fraction of sp³-hybridized carbons (Fsp3) is 1.00. The molecule has 0 aromatic carbocycles. The maximum absolute atomic E-state index is 11.8. The van der Waals surface area contributed by atoms with E-state index in [4.69, 9.17) is 9.16 Å². The van der Waals surface area contributed by atoms with Gasteiger partial charge in [-0.25, -0.2) is 0 Å². The molecule has 0 N–H and O–H groups in total. The third-order valence-corrected chi connectivity index (χ3v) is 6.79. The van der Waals surface area contributed by atoms with E-state index in [0.29, 0.717) is 13.2 Å². The molecule has 1 rings (SSSR count). The van der Waals surface area contributed by atoms with Gasteiger partial charge in [-0.05, 0) is 20.3 Å². The van der Waals surface area contributed by atoms with Crippen molar-refractivity contribution in [1.29, 1.82) is 0 Å². The first-order valence-corrected chi connectivity index (χ1v) is 8.67. The highest BCUT2D eigenvalue weighted by Gasteiger charge is 2.49. The summed E-state index contributed by atoms with van der Waals surface area (Å²) in [5.74, 6) is 0. The van der Waals surface area contributed by atoms with E-state index in [-0.39, 0.29) is 6.10 Å². The molecule has 1 aliphatic rings. The molecule has 0 radical (unpaired) electrons. The Labute approximate surface area is 99.5 Å². The summed E-state index contributed by atoms with van der Waals surface area (Å²) in [7, 11) is -2.11. The molecule has 0 spiro atoms. The molecule has 3 atom stereocenters. The zero-order valence-electron chi connectivity index (χ0n) is 10.8. The second-order valence-electron chi connectivity index (χ2n) is 4.44. The van der Waals surface area contributed by atoms with Crippen molar-refractivity contribution >= 4 is 8.56 Å². The van der Waals surface area contributed by atoms with Crippen LogP contribution in [-0.4, -0.2) is 40.8 Å². The molecule has 3 unspecified atom stereocenters. The first-order chi connectivity index (χ1) is 7.53. The lowest BCUT2D eigenvalue weighted by molar-refractivity contribution is -0.511. The Morgan fingerprint density at radius 1 is 1.56 bits per heavy atom. The van der Waals surface area contributed by atoms with Crippen LogP contribution in [0.15, 0.2) is 0 Å². The van der Waals surface area contributed by atoms with Crippen molar-refractivity contribution in [3.63, 3.8) is 0 Å². The van der Waals surface area contributed by atoms with E-state index < -0.39 is 14.9 Å². The van der Waals surface area contributed by atoms with Crippen LogP contribution >= 0.6 is 0 Å². The van der Waals surface area contributed by atoms with Gasteiger partial charge in [0.1, 0.15) is 6.10 Å². The van der Waals surface area contributed by atoms with E-state index in [2.05, 4.69) is 17.5 Å². The average Bonchev–Trinajstić information content (AvgIpc) is 2.97. The van der Waals surface area contributed by atoms with Crippen molar-refractivity contribution in [1.82, 2.24) is 0 Å². The molecule has 0 aromatic rings. The van der Waals surface area contributed by atoms with Gasteiger partial charge in [0.15, 0.2) is 6.61 Å². The second kappa shape index (κ2) is 6.12. The molecule has 1 saturated heterocycles. The zero-order valence-corrected chi connectivity index (χ0v) is 11.8. The van der Waals surface area contributed by atoms with Gasteiger partial charge in [-0.3, -0.25) is 0 Å². The fourth-order valence-corrected chi connectivity index (χ4v) is 5.38. The largest absolute Gasteiger partial charge is 0.791 e. The first kappa shape index (κ1) is 14.1. The molecule has 1 aliphatic heterocycles. The molecule has 1 heterocycles. The normalized spacial score (nSPS) is 25.5. The Morgan fingerprint density at radius 2 is 2.19 bits per heavy atom. The van der Waals surface area contributed by atoms with Crippen molar-refractivity contribution < 1.29 is 18.3 Å². The lowest BCUT2D eigenvalue weighted by Gasteiger charge is -2.41. The predicted octanol–water partition coefficient (Wildman–Crippen LogP) is 1.16. The van der Waals surface area contributed by atoms with Crippen LogP contribution in [0, 0.1) is 0 Å². The topological polar surface area (TPSA) is 47.5 Å². The SMILES string of the molecule is CCC[Si](C)(OCC)[O+](CC1CO1)C(C)[O-]. The van der Waals surface area contributed by atoms with E-state index >= 15 is 0 Å². The van der Waals surface area contributed by atoms with E-state index in [1.165, 1.54) is 0 Å². The minimum absolute atomic E-state index is 0.227. The Morgan fingerprint density at radius 3 is 2.56 bits per heavy atom. The van der Waals surface area contributed by atoms with E-state index in [1.54, 1.807) is 6.92 Å². The quantitative estimate of drug-likeness (QED) is 0.280. The highest BCUT2D eigenvalue weighted by atomic mass is 28.4. The summed E-state index contributed by atoms with van der Waals surface area (Å²) in [5, 5.41) is 11.8. The van der Waals surface area contributed by atoms with Crippen LogP contribution in [0.1, 0.15) is 27.2 Å². The summed E-state index contributed by atoms with van der Waals surface area (Å²) in [4.78, 5) is 0. The smallest absolute Gasteiger partial charge is 0.541 e. The molecule has 5 heteroatoms. The van der Waals surface area contributed by atoms with Gasteiger partial charge in [0, 0.05) is 19.2 Å². The Kier molecular flexibility index (Phi) is 5.40. The number of rotatable bonds is 8. The van der Waals surface area contributed by atoms with Crippen molar-refractivity contribution in [2.24, 2.45) is 0 Å². The van der Waals surface area contributed by atoms with E-state index in [0.717, 1.165) is 19.1 Å². The van der Waals surface area contributed by atoms with Crippen LogP contribution in [-0.2, 0) is 13.2 Å². The van der Waals surface area contributed by atoms with Crippen molar-refractivity contribution in [3.8, 4) is 0 Å². The van der Waals surface area contributed by atoms with Gasteiger partial charge < -0.3 is 18.3 Å². The first-order valence-electron chi connectivity index (χ1n) is 6.14. The summed E-state index contributed by atoms with van der Waals surface area (Å²) in [5.41, 5.74) is 0. The van der Waals surface area contributed by atoms with Gasteiger partial charge in [-0.2, -0.15) is 0 Å². The van der Waals surface area contributed by atoms with E-state index in [1.807, 2.05) is 6.92 Å². The van der Waals surface area contributed by atoms with Gasteiger partial charge in [0.05, 0.1) is 12.9 Å². The molecule has 0 aromatic heterocycles. The van der Waals surface area contributed by atoms with Crippen LogP contribution < -0.4 is 5.11 Å². The minimum atomic E-state index is -2.11. The standard InChI is InChI=1S/C11H24O4Si/c1-5-7-16(4,14-6-2)15(10(3)12)9-11-8-13-11/h10-11H,5-9H2,1-4H3. The summed E-state index contributed by atoms with van der Waals surface area (Å²) >= 11 is 0. The van der Waals surface area contributed by atoms with Gasteiger partial charge in [0.25, 0.3) is 0 Å². The molecule has 96 valence electrons. The molecule has 0 saturated carbocycles. The number of hydrogen-bond donors (Lipinski definition) is 0. The average molecular weight is 248 g/mol. The van der Waals surface area contributed by atoms with Crippen molar-refractivity contribution in [3.05, 3.63) is 0 Å². The van der Waals surface area contributed by atoms with Crippen LogP contribution in [0.3, 0.4) is 0 Å². The molecule has 4 nitrogen and oxygen atoms in total. The van der Waals surface area contributed by atoms with Gasteiger partial charge in [0.2, 0.25) is 0 Å². The zero-order chi connectivity index (χ0) is 12.2. The fourth-order valence-electron chi connectivity index (χ4n) is 2.07. The molecule has 0 amide bonds. The third kappa shape index (κ3) is 3.82. The summed E-state index contributed by atoms with van der Waals surface area (Å²) < 4.78 is 14.0. The molecule has 16 heavy (non-hydrogen) atoms. The number of epoxide rings is 1.